The van der Waals surface area contributed by atoms with Crippen molar-refractivity contribution >= 4 is 23.3 Å². The first kappa shape index (κ1) is 19.5. The van der Waals surface area contributed by atoms with Gasteiger partial charge >= 0.3 is 24.2 Å². The maximum atomic E-state index is 12.8. The Labute approximate surface area is 150 Å². The lowest BCUT2D eigenvalue weighted by atomic mass is 10.2. The highest BCUT2D eigenvalue weighted by atomic mass is 35.5. The summed E-state index contributed by atoms with van der Waals surface area (Å²) < 4.78 is 48.2. The van der Waals surface area contributed by atoms with Crippen molar-refractivity contribution in [2.45, 2.75) is 12.7 Å². The second-order valence-electron chi connectivity index (χ2n) is 4.73. The lowest BCUT2D eigenvalue weighted by Crippen LogP contribution is -2.29. The van der Waals surface area contributed by atoms with Gasteiger partial charge < -0.3 is 20.1 Å². The quantitative estimate of drug-likeness (QED) is 0.813. The van der Waals surface area contributed by atoms with Gasteiger partial charge in [0.1, 0.15) is 0 Å². The fraction of sp³-hybridized carbons (Fsp3) is 0.286. The molecule has 2 amide bonds. The molecule has 26 heavy (non-hydrogen) atoms. The normalized spacial score (nSPS) is 11.0. The van der Waals surface area contributed by atoms with Gasteiger partial charge in [-0.25, -0.2) is 4.79 Å². The Hall–Kier alpha value is -2.82. The summed E-state index contributed by atoms with van der Waals surface area (Å²) in [5, 5.41) is 4.20. The molecule has 1 heterocycles. The SMILES string of the molecule is COc1nc(CNC(=O)Nc2ccc(Cl)c(C(F)(F)F)c2)nc(OC)n1. The van der Waals surface area contributed by atoms with Crippen LogP contribution in [-0.2, 0) is 12.7 Å². The highest BCUT2D eigenvalue weighted by Gasteiger charge is 2.33. The molecule has 0 bridgehead atoms. The summed E-state index contributed by atoms with van der Waals surface area (Å²) in [6.45, 7) is -0.138. The highest BCUT2D eigenvalue weighted by molar-refractivity contribution is 6.31. The lowest BCUT2D eigenvalue weighted by Gasteiger charge is -2.12. The van der Waals surface area contributed by atoms with Crippen LogP contribution < -0.4 is 20.1 Å². The molecular formula is C14H13ClF3N5O3. The van der Waals surface area contributed by atoms with Crippen LogP contribution in [0.15, 0.2) is 18.2 Å². The van der Waals surface area contributed by atoms with Crippen LogP contribution in [0.4, 0.5) is 23.7 Å². The van der Waals surface area contributed by atoms with E-state index in [1.165, 1.54) is 20.3 Å². The van der Waals surface area contributed by atoms with Crippen molar-refractivity contribution in [1.82, 2.24) is 20.3 Å². The van der Waals surface area contributed by atoms with Crippen molar-refractivity contribution in [3.8, 4) is 12.0 Å². The number of nitrogens with zero attached hydrogens (tertiary/aromatic N) is 3. The number of alkyl halides is 3. The summed E-state index contributed by atoms with van der Waals surface area (Å²) in [6, 6.07) is 2.23. The third-order valence-corrected chi connectivity index (χ3v) is 3.27. The Kier molecular flexibility index (Phi) is 6.03. The van der Waals surface area contributed by atoms with E-state index in [1.807, 2.05) is 0 Å². The van der Waals surface area contributed by atoms with Crippen LogP contribution in [0.1, 0.15) is 11.4 Å². The van der Waals surface area contributed by atoms with Gasteiger partial charge in [0.2, 0.25) is 0 Å². The molecule has 0 aliphatic heterocycles. The summed E-state index contributed by atoms with van der Waals surface area (Å²) in [4.78, 5) is 23.5. The Morgan fingerprint density at radius 1 is 1.15 bits per heavy atom. The maximum Gasteiger partial charge on any atom is 0.417 e. The van der Waals surface area contributed by atoms with E-state index >= 15 is 0 Å². The van der Waals surface area contributed by atoms with E-state index < -0.39 is 22.8 Å². The molecule has 0 saturated heterocycles. The molecule has 0 unspecified atom stereocenters. The number of methoxy groups -OCH3 is 2. The first-order valence-corrected chi connectivity index (χ1v) is 7.35. The first-order valence-electron chi connectivity index (χ1n) is 6.97. The van der Waals surface area contributed by atoms with E-state index in [1.54, 1.807) is 0 Å². The van der Waals surface area contributed by atoms with Crippen molar-refractivity contribution in [3.05, 3.63) is 34.6 Å². The molecular weight excluding hydrogens is 379 g/mol. The predicted octanol–water partition coefficient (Wildman–Crippen LogP) is 2.88. The average molecular weight is 392 g/mol. The molecule has 1 aromatic heterocycles. The number of amides is 2. The van der Waals surface area contributed by atoms with Crippen LogP contribution in [0, 0.1) is 0 Å². The molecule has 2 aromatic rings. The summed E-state index contributed by atoms with van der Waals surface area (Å²) >= 11 is 5.52. The number of hydrogen-bond donors (Lipinski definition) is 2. The van der Waals surface area contributed by atoms with E-state index in [0.29, 0.717) is 0 Å². The number of nitrogens with one attached hydrogen (secondary N) is 2. The van der Waals surface area contributed by atoms with Crippen molar-refractivity contribution in [2.75, 3.05) is 19.5 Å². The number of benzene rings is 1. The van der Waals surface area contributed by atoms with Gasteiger partial charge in [0.25, 0.3) is 0 Å². The van der Waals surface area contributed by atoms with Crippen LogP contribution in [0.25, 0.3) is 0 Å². The largest absolute Gasteiger partial charge is 0.467 e. The molecule has 2 N–H and O–H groups in total. The van der Waals surface area contributed by atoms with Gasteiger partial charge in [-0.05, 0) is 18.2 Å². The molecule has 0 aliphatic rings. The second kappa shape index (κ2) is 8.04. The van der Waals surface area contributed by atoms with E-state index in [4.69, 9.17) is 21.1 Å². The zero-order valence-corrected chi connectivity index (χ0v) is 14.3. The number of anilines is 1. The van der Waals surface area contributed by atoms with Gasteiger partial charge in [-0.15, -0.1) is 4.98 Å². The monoisotopic (exact) mass is 391 g/mol. The van der Waals surface area contributed by atoms with Crippen molar-refractivity contribution in [2.24, 2.45) is 0 Å². The van der Waals surface area contributed by atoms with Crippen molar-refractivity contribution < 1.29 is 27.4 Å². The van der Waals surface area contributed by atoms with Crippen molar-refractivity contribution in [1.29, 1.82) is 0 Å². The Morgan fingerprint density at radius 3 is 2.31 bits per heavy atom. The molecule has 0 aliphatic carbocycles. The molecule has 0 atom stereocenters. The zero-order valence-electron chi connectivity index (χ0n) is 13.5. The average Bonchev–Trinajstić information content (AvgIpc) is 2.60. The molecule has 2 rings (SSSR count). The summed E-state index contributed by atoms with van der Waals surface area (Å²) in [5.41, 5.74) is -1.13. The van der Waals surface area contributed by atoms with Gasteiger partial charge in [-0.1, -0.05) is 11.6 Å². The number of rotatable bonds is 5. The molecule has 140 valence electrons. The Morgan fingerprint density at radius 2 is 1.77 bits per heavy atom. The molecule has 0 spiro atoms. The van der Waals surface area contributed by atoms with E-state index in [9.17, 15) is 18.0 Å². The Balaban J connectivity index is 2.04. The third kappa shape index (κ3) is 5.09. The number of carbonyl (C=O) groups excluding carboxylic acids is 1. The predicted molar refractivity (Wildman–Crippen MR) is 85.2 cm³/mol. The van der Waals surface area contributed by atoms with Crippen LogP contribution in [0.5, 0.6) is 12.0 Å². The molecule has 12 heteroatoms. The van der Waals surface area contributed by atoms with Crippen LogP contribution in [0.3, 0.4) is 0 Å². The Bertz CT molecular complexity index is 782. The zero-order chi connectivity index (χ0) is 19.3. The van der Waals surface area contributed by atoms with Crippen molar-refractivity contribution in [3.63, 3.8) is 0 Å². The van der Waals surface area contributed by atoms with Crippen LogP contribution >= 0.6 is 11.6 Å². The topological polar surface area (TPSA) is 98.3 Å². The lowest BCUT2D eigenvalue weighted by molar-refractivity contribution is -0.137. The van der Waals surface area contributed by atoms with Crippen LogP contribution in [-0.4, -0.2) is 35.2 Å². The second-order valence-corrected chi connectivity index (χ2v) is 5.13. The summed E-state index contributed by atoms with van der Waals surface area (Å²) in [5.74, 6) is 0.135. The molecule has 1 aromatic carbocycles. The van der Waals surface area contributed by atoms with E-state index in [-0.39, 0.29) is 30.1 Å². The first-order chi connectivity index (χ1) is 12.2. The number of carbonyl (C=O) groups is 1. The number of hydrogen-bond acceptors (Lipinski definition) is 6. The van der Waals surface area contributed by atoms with E-state index in [0.717, 1.165) is 12.1 Å². The van der Waals surface area contributed by atoms with Gasteiger partial charge in [-0.2, -0.15) is 23.1 Å². The minimum atomic E-state index is -4.64. The van der Waals surface area contributed by atoms with Crippen LogP contribution in [0.2, 0.25) is 5.02 Å². The summed E-state index contributed by atoms with van der Waals surface area (Å²) in [7, 11) is 2.69. The fourth-order valence-electron chi connectivity index (χ4n) is 1.79. The van der Waals surface area contributed by atoms with Gasteiger partial charge in [0.15, 0.2) is 5.82 Å². The smallest absolute Gasteiger partial charge is 0.417 e. The number of ether oxygens (including phenoxy) is 2. The number of urea groups is 1. The van der Waals surface area contributed by atoms with Gasteiger partial charge in [0, 0.05) is 5.69 Å². The standard InChI is InChI=1S/C14H13ClF3N5O3/c1-25-12-21-10(22-13(23-12)26-2)6-19-11(24)20-7-3-4-9(15)8(5-7)14(16,17)18/h3-5H,6H2,1-2H3,(H2,19,20,24). The summed E-state index contributed by atoms with van der Waals surface area (Å²) in [6.07, 6.45) is -4.64. The molecule has 0 saturated carbocycles. The highest BCUT2D eigenvalue weighted by Crippen LogP contribution is 2.36. The van der Waals surface area contributed by atoms with E-state index in [2.05, 4.69) is 25.6 Å². The number of halogens is 4. The minimum absolute atomic E-state index is 0.0124. The number of aromatic nitrogens is 3. The fourth-order valence-corrected chi connectivity index (χ4v) is 2.02. The third-order valence-electron chi connectivity index (χ3n) is 2.94. The molecule has 8 nitrogen and oxygen atoms in total. The minimum Gasteiger partial charge on any atom is -0.467 e. The van der Waals surface area contributed by atoms with Gasteiger partial charge in [-0.3, -0.25) is 0 Å². The maximum absolute atomic E-state index is 12.8. The molecule has 0 fully saturated rings. The molecule has 0 radical (unpaired) electrons. The van der Waals surface area contributed by atoms with Gasteiger partial charge in [0.05, 0.1) is 31.4 Å².